The van der Waals surface area contributed by atoms with Gasteiger partial charge >= 0.3 is 0 Å². The van der Waals surface area contributed by atoms with Crippen LogP contribution in [-0.4, -0.2) is 26.0 Å². The van der Waals surface area contributed by atoms with E-state index in [0.717, 1.165) is 38.5 Å². The van der Waals surface area contributed by atoms with Crippen LogP contribution in [0.15, 0.2) is 11.6 Å². The molecule has 27 heavy (non-hydrogen) atoms. The molecule has 5 bridgehead atoms. The molecule has 7 rings (SSSR count). The normalized spacial score (nSPS) is 45.7. The van der Waals surface area contributed by atoms with E-state index in [1.54, 1.807) is 0 Å². The third-order valence-electron chi connectivity index (χ3n) is 9.64. The molecule has 7 aliphatic rings. The van der Waals surface area contributed by atoms with Crippen molar-refractivity contribution in [2.45, 2.75) is 90.0 Å². The van der Waals surface area contributed by atoms with E-state index >= 15 is 0 Å². The Bertz CT molecular complexity index is 760. The third-order valence-corrected chi connectivity index (χ3v) is 14.1. The van der Waals surface area contributed by atoms with Gasteiger partial charge < -0.3 is 4.43 Å². The average molecular weight is 387 g/mol. The Morgan fingerprint density at radius 1 is 1.15 bits per heavy atom. The van der Waals surface area contributed by atoms with Crippen molar-refractivity contribution in [3.8, 4) is 0 Å². The highest BCUT2D eigenvalue weighted by Crippen LogP contribution is 2.75. The summed E-state index contributed by atoms with van der Waals surface area (Å²) in [6, 6.07) is 0. The maximum absolute atomic E-state index is 13.5. The topological polar surface area (TPSA) is 43.4 Å². The van der Waals surface area contributed by atoms with Crippen molar-refractivity contribution >= 4 is 19.9 Å². The monoisotopic (exact) mass is 386 g/mol. The molecule has 4 heteroatoms. The molecule has 0 amide bonds. The van der Waals surface area contributed by atoms with E-state index in [4.69, 9.17) is 4.43 Å². The fraction of sp³-hybridized carbons (Fsp3) is 0.826. The van der Waals surface area contributed by atoms with Gasteiger partial charge in [-0.1, -0.05) is 32.4 Å². The van der Waals surface area contributed by atoms with Crippen molar-refractivity contribution in [2.75, 3.05) is 0 Å². The SMILES string of the molecule is CC(C)(C)[Si](C)(C)O[C@@H]1[C@H]2CC3C[C@H]4C5=CCCC(=O)[C@]51CC[C@@]24CC3=O. The van der Waals surface area contributed by atoms with Gasteiger partial charge in [-0.05, 0) is 67.5 Å². The van der Waals surface area contributed by atoms with Gasteiger partial charge in [0.05, 0.1) is 11.5 Å². The number of carbonyl (C=O) groups excluding carboxylic acids is 2. The van der Waals surface area contributed by atoms with Crippen LogP contribution in [0.4, 0.5) is 0 Å². The lowest BCUT2D eigenvalue weighted by Crippen LogP contribution is -2.72. The lowest BCUT2D eigenvalue weighted by Gasteiger charge is -2.72. The van der Waals surface area contributed by atoms with Gasteiger partial charge in [-0.3, -0.25) is 9.59 Å². The number of fused-ring (bicyclic) bond motifs is 2. The predicted octanol–water partition coefficient (Wildman–Crippen LogP) is 5.06. The fourth-order valence-corrected chi connectivity index (χ4v) is 8.64. The Morgan fingerprint density at radius 3 is 2.59 bits per heavy atom. The van der Waals surface area contributed by atoms with Crippen LogP contribution in [0.25, 0.3) is 0 Å². The van der Waals surface area contributed by atoms with Crippen molar-refractivity contribution in [1.29, 1.82) is 0 Å². The van der Waals surface area contributed by atoms with Gasteiger partial charge in [-0.25, -0.2) is 0 Å². The molecule has 0 aromatic rings. The minimum atomic E-state index is -2.01. The smallest absolute Gasteiger partial charge is 0.192 e. The first kappa shape index (κ1) is 18.3. The van der Waals surface area contributed by atoms with Crippen LogP contribution < -0.4 is 0 Å². The lowest BCUT2D eigenvalue weighted by atomic mass is 9.33. The summed E-state index contributed by atoms with van der Waals surface area (Å²) in [6.07, 6.45) is 8.66. The summed E-state index contributed by atoms with van der Waals surface area (Å²) in [7, 11) is -2.01. The number of Topliss-reactive ketones (excluding diaryl/α,β-unsaturated/α-hetero) is 2. The van der Waals surface area contributed by atoms with Crippen molar-refractivity contribution in [1.82, 2.24) is 0 Å². The molecule has 0 radical (unpaired) electrons. The van der Waals surface area contributed by atoms with Crippen LogP contribution in [0, 0.1) is 28.6 Å². The fourth-order valence-electron chi connectivity index (χ4n) is 7.29. The van der Waals surface area contributed by atoms with Crippen LogP contribution in [0.3, 0.4) is 0 Å². The molecular formula is C23H34O3Si. The summed E-state index contributed by atoms with van der Waals surface area (Å²) in [5, 5.41) is 0.127. The maximum atomic E-state index is 13.5. The second-order valence-corrected chi connectivity index (χ2v) is 16.4. The Kier molecular flexibility index (Phi) is 3.55. The number of rotatable bonds is 2. The molecule has 3 nitrogen and oxygen atoms in total. The molecule has 148 valence electrons. The zero-order chi connectivity index (χ0) is 19.4. The Morgan fingerprint density at radius 2 is 1.89 bits per heavy atom. The Balaban J connectivity index is 1.66. The molecule has 6 saturated carbocycles. The van der Waals surface area contributed by atoms with Gasteiger partial charge in [0.1, 0.15) is 11.6 Å². The van der Waals surface area contributed by atoms with Gasteiger partial charge in [0.2, 0.25) is 0 Å². The largest absolute Gasteiger partial charge is 0.412 e. The molecule has 0 N–H and O–H groups in total. The van der Waals surface area contributed by atoms with Crippen LogP contribution in [-0.2, 0) is 14.0 Å². The Hall–Kier alpha value is -0.743. The Labute approximate surface area is 164 Å². The van der Waals surface area contributed by atoms with E-state index in [0.29, 0.717) is 29.8 Å². The van der Waals surface area contributed by atoms with Crippen molar-refractivity contribution in [3.05, 3.63) is 11.6 Å². The number of hydrogen-bond acceptors (Lipinski definition) is 3. The lowest BCUT2D eigenvalue weighted by molar-refractivity contribution is -0.207. The molecule has 0 saturated heterocycles. The zero-order valence-electron chi connectivity index (χ0n) is 17.6. The van der Waals surface area contributed by atoms with E-state index in [1.165, 1.54) is 5.57 Å². The highest BCUT2D eigenvalue weighted by Gasteiger charge is 2.74. The second kappa shape index (κ2) is 5.24. The molecule has 0 aromatic heterocycles. The minimum absolute atomic E-state index is 0.0124. The summed E-state index contributed by atoms with van der Waals surface area (Å²) < 4.78 is 7.14. The number of ketones is 2. The van der Waals surface area contributed by atoms with Crippen molar-refractivity contribution in [3.63, 3.8) is 0 Å². The number of carbonyl (C=O) groups is 2. The molecular weight excluding hydrogens is 352 g/mol. The zero-order valence-corrected chi connectivity index (χ0v) is 18.6. The van der Waals surface area contributed by atoms with Gasteiger partial charge in [0, 0.05) is 18.8 Å². The van der Waals surface area contributed by atoms with E-state index in [9.17, 15) is 9.59 Å². The van der Waals surface area contributed by atoms with E-state index in [1.807, 2.05) is 0 Å². The van der Waals surface area contributed by atoms with Gasteiger partial charge in [0.25, 0.3) is 0 Å². The van der Waals surface area contributed by atoms with Gasteiger partial charge in [-0.15, -0.1) is 0 Å². The number of hydrogen-bond donors (Lipinski definition) is 0. The first-order valence-electron chi connectivity index (χ1n) is 11.0. The molecule has 6 fully saturated rings. The summed E-state index contributed by atoms with van der Waals surface area (Å²) >= 11 is 0. The number of allylic oxidation sites excluding steroid dienone is 1. The van der Waals surface area contributed by atoms with E-state index < -0.39 is 8.32 Å². The van der Waals surface area contributed by atoms with Crippen LogP contribution >= 0.6 is 0 Å². The van der Waals surface area contributed by atoms with Gasteiger partial charge in [-0.2, -0.15) is 0 Å². The summed E-state index contributed by atoms with van der Waals surface area (Å²) in [4.78, 5) is 26.2. The maximum Gasteiger partial charge on any atom is 0.192 e. The van der Waals surface area contributed by atoms with Crippen molar-refractivity contribution in [2.24, 2.45) is 28.6 Å². The standard InChI is InChI=1S/C23H34O3Si/c1-21(2,3)27(4,5)26-20-17-12-14-11-16-15-7-6-8-19(25)23(15,20)10-9-22(16,17)13-18(14)24/h7,14,16-17,20H,6,8-13H2,1-5H3/t14?,16-,17+,20+,22-,23-/m0/s1. The summed E-state index contributed by atoms with van der Waals surface area (Å²) in [5.41, 5.74) is 1.13. The van der Waals surface area contributed by atoms with Crippen LogP contribution in [0.5, 0.6) is 0 Å². The molecule has 7 aliphatic carbocycles. The second-order valence-electron chi connectivity index (χ2n) is 11.6. The minimum Gasteiger partial charge on any atom is -0.412 e. The van der Waals surface area contributed by atoms with E-state index in [2.05, 4.69) is 39.9 Å². The highest BCUT2D eigenvalue weighted by atomic mass is 28.4. The van der Waals surface area contributed by atoms with Gasteiger partial charge in [0.15, 0.2) is 8.32 Å². The third kappa shape index (κ3) is 2.07. The van der Waals surface area contributed by atoms with Crippen molar-refractivity contribution < 1.29 is 14.0 Å². The van der Waals surface area contributed by atoms with Crippen LogP contribution in [0.1, 0.15) is 65.7 Å². The summed E-state index contributed by atoms with van der Waals surface area (Å²) in [6.45, 7) is 11.5. The average Bonchev–Trinajstić information content (AvgIpc) is 2.57. The molecule has 0 aliphatic heterocycles. The first-order chi connectivity index (χ1) is 12.5. The first-order valence-corrected chi connectivity index (χ1v) is 13.9. The van der Waals surface area contributed by atoms with Crippen LogP contribution in [0.2, 0.25) is 18.1 Å². The molecule has 2 spiro atoms. The molecule has 1 unspecified atom stereocenters. The van der Waals surface area contributed by atoms with E-state index in [-0.39, 0.29) is 27.9 Å². The highest BCUT2D eigenvalue weighted by molar-refractivity contribution is 6.74. The quantitative estimate of drug-likeness (QED) is 0.492. The molecule has 0 heterocycles. The predicted molar refractivity (Wildman–Crippen MR) is 108 cm³/mol. The summed E-state index contributed by atoms with van der Waals surface area (Å²) in [5.74, 6) is 2.02. The molecule has 0 aromatic carbocycles. The molecule has 6 atom stereocenters.